The maximum Gasteiger partial charge on any atom is 0.433 e. The minimum Gasteiger partial charge on any atom is -0.379 e. The van der Waals surface area contributed by atoms with Gasteiger partial charge in [0.1, 0.15) is 11.5 Å². The van der Waals surface area contributed by atoms with E-state index < -0.39 is 18.2 Å². The summed E-state index contributed by atoms with van der Waals surface area (Å²) in [6.07, 6.45) is -0.445. The highest BCUT2D eigenvalue weighted by Crippen LogP contribution is 2.33. The van der Waals surface area contributed by atoms with Gasteiger partial charge in [-0.25, -0.2) is 4.98 Å². The van der Waals surface area contributed by atoms with Crippen molar-refractivity contribution in [3.05, 3.63) is 53.5 Å². The molecule has 4 heterocycles. The summed E-state index contributed by atoms with van der Waals surface area (Å²) in [6, 6.07) is 6.69. The van der Waals surface area contributed by atoms with E-state index in [-0.39, 0.29) is 18.2 Å². The van der Waals surface area contributed by atoms with E-state index in [1.54, 1.807) is 18.5 Å². The van der Waals surface area contributed by atoms with Gasteiger partial charge in [0.15, 0.2) is 6.29 Å². The van der Waals surface area contributed by atoms with Gasteiger partial charge in [0.2, 0.25) is 0 Å². The lowest BCUT2D eigenvalue weighted by molar-refractivity contribution is -0.141. The first-order valence-electron chi connectivity index (χ1n) is 9.04. The molecule has 0 amide bonds. The molecule has 2 aliphatic heterocycles. The Morgan fingerprint density at radius 2 is 1.96 bits per heavy atom. The number of pyridine rings is 2. The van der Waals surface area contributed by atoms with Crippen molar-refractivity contribution < 1.29 is 17.9 Å². The van der Waals surface area contributed by atoms with Crippen LogP contribution in [0, 0.1) is 0 Å². The van der Waals surface area contributed by atoms with Crippen molar-refractivity contribution in [2.24, 2.45) is 4.99 Å². The highest BCUT2D eigenvalue weighted by Gasteiger charge is 2.38. The predicted molar refractivity (Wildman–Crippen MR) is 98.0 cm³/mol. The second-order valence-corrected chi connectivity index (χ2v) is 6.84. The van der Waals surface area contributed by atoms with Crippen LogP contribution < -0.4 is 4.90 Å². The van der Waals surface area contributed by atoms with Gasteiger partial charge in [-0.05, 0) is 25.1 Å². The number of halogens is 3. The topological polar surface area (TPSA) is 53.9 Å². The molecule has 0 aliphatic carbocycles. The largest absolute Gasteiger partial charge is 0.433 e. The quantitative estimate of drug-likeness (QED) is 0.805. The van der Waals surface area contributed by atoms with E-state index in [0.29, 0.717) is 25.6 Å². The Morgan fingerprint density at radius 1 is 1.18 bits per heavy atom. The van der Waals surface area contributed by atoms with E-state index in [4.69, 9.17) is 4.74 Å². The van der Waals surface area contributed by atoms with Gasteiger partial charge >= 0.3 is 6.18 Å². The number of morpholine rings is 1. The molecule has 0 bridgehead atoms. The van der Waals surface area contributed by atoms with Crippen molar-refractivity contribution in [1.82, 2.24) is 14.9 Å². The minimum absolute atomic E-state index is 0.00121. The van der Waals surface area contributed by atoms with Gasteiger partial charge in [0.25, 0.3) is 0 Å². The average molecular weight is 391 g/mol. The summed E-state index contributed by atoms with van der Waals surface area (Å²) < 4.78 is 45.9. The van der Waals surface area contributed by atoms with Crippen LogP contribution in [-0.4, -0.2) is 53.2 Å². The normalized spacial score (nSPS) is 22.9. The summed E-state index contributed by atoms with van der Waals surface area (Å²) in [5, 5.41) is 0. The Labute approximate surface area is 160 Å². The fourth-order valence-corrected chi connectivity index (χ4v) is 3.60. The molecule has 2 atom stereocenters. The molecule has 2 unspecified atom stereocenters. The molecule has 148 valence electrons. The molecular weight excluding hydrogens is 371 g/mol. The number of nitrogens with zero attached hydrogens (tertiary/aromatic N) is 5. The van der Waals surface area contributed by atoms with E-state index >= 15 is 0 Å². The molecule has 9 heteroatoms. The number of anilines is 1. The SMILES string of the molecule is CC1COCCN1C1N=Cc2cccnc2N1Cc1cccnc1C(F)(F)F. The van der Waals surface area contributed by atoms with Gasteiger partial charge in [0.05, 0.1) is 13.2 Å². The summed E-state index contributed by atoms with van der Waals surface area (Å²) in [4.78, 5) is 16.6. The predicted octanol–water partition coefficient (Wildman–Crippen LogP) is 2.94. The van der Waals surface area contributed by atoms with Crippen molar-refractivity contribution in [3.63, 3.8) is 0 Å². The summed E-state index contributed by atoms with van der Waals surface area (Å²) in [5.41, 5.74) is -0.0115. The second-order valence-electron chi connectivity index (χ2n) is 6.84. The van der Waals surface area contributed by atoms with Crippen LogP contribution in [0.25, 0.3) is 0 Å². The molecule has 0 radical (unpaired) electrons. The fraction of sp³-hybridized carbons (Fsp3) is 0.421. The Kier molecular flexibility index (Phi) is 5.03. The van der Waals surface area contributed by atoms with Gasteiger partial charge in [-0.15, -0.1) is 0 Å². The third kappa shape index (κ3) is 3.59. The molecule has 0 N–H and O–H groups in total. The second kappa shape index (κ2) is 7.48. The Hall–Kier alpha value is -2.52. The molecule has 4 rings (SSSR count). The number of aromatic nitrogens is 2. The number of alkyl halides is 3. The Morgan fingerprint density at radius 3 is 2.75 bits per heavy atom. The molecule has 1 saturated heterocycles. The van der Waals surface area contributed by atoms with Crippen molar-refractivity contribution in [3.8, 4) is 0 Å². The molecule has 0 spiro atoms. The highest BCUT2D eigenvalue weighted by molar-refractivity contribution is 5.88. The van der Waals surface area contributed by atoms with Crippen molar-refractivity contribution >= 4 is 12.0 Å². The molecule has 6 nitrogen and oxygen atoms in total. The van der Waals surface area contributed by atoms with E-state index in [1.807, 2.05) is 17.9 Å². The molecule has 0 saturated carbocycles. The van der Waals surface area contributed by atoms with Gasteiger partial charge in [-0.3, -0.25) is 14.9 Å². The highest BCUT2D eigenvalue weighted by atomic mass is 19.4. The summed E-state index contributed by atoms with van der Waals surface area (Å²) in [5.74, 6) is 0.609. The monoisotopic (exact) mass is 391 g/mol. The molecular formula is C19H20F3N5O. The average Bonchev–Trinajstić information content (AvgIpc) is 2.68. The van der Waals surface area contributed by atoms with E-state index in [9.17, 15) is 13.2 Å². The van der Waals surface area contributed by atoms with Crippen LogP contribution >= 0.6 is 0 Å². The molecule has 28 heavy (non-hydrogen) atoms. The third-order valence-electron chi connectivity index (χ3n) is 4.93. The number of fused-ring (bicyclic) bond motifs is 1. The van der Waals surface area contributed by atoms with E-state index in [0.717, 1.165) is 11.8 Å². The molecule has 1 fully saturated rings. The van der Waals surface area contributed by atoms with Crippen LogP contribution in [0.3, 0.4) is 0 Å². The smallest absolute Gasteiger partial charge is 0.379 e. The van der Waals surface area contributed by atoms with E-state index in [1.165, 1.54) is 12.1 Å². The molecule has 2 aromatic heterocycles. The number of hydrogen-bond donors (Lipinski definition) is 0. The van der Waals surface area contributed by atoms with Crippen LogP contribution in [0.2, 0.25) is 0 Å². The first-order chi connectivity index (χ1) is 13.4. The summed E-state index contributed by atoms with van der Waals surface area (Å²) in [7, 11) is 0. The van der Waals surface area contributed by atoms with Crippen LogP contribution in [-0.2, 0) is 17.5 Å². The first-order valence-corrected chi connectivity index (χ1v) is 9.04. The summed E-state index contributed by atoms with van der Waals surface area (Å²) >= 11 is 0. The number of aliphatic imine (C=N–C) groups is 1. The number of rotatable bonds is 3. The van der Waals surface area contributed by atoms with Gasteiger partial charge in [0, 0.05) is 48.9 Å². The lowest BCUT2D eigenvalue weighted by Gasteiger charge is -2.44. The molecule has 2 aliphatic rings. The maximum absolute atomic E-state index is 13.5. The lowest BCUT2D eigenvalue weighted by Crippen LogP contribution is -2.56. The lowest BCUT2D eigenvalue weighted by atomic mass is 10.1. The zero-order chi connectivity index (χ0) is 19.7. The van der Waals surface area contributed by atoms with Crippen LogP contribution in [0.15, 0.2) is 41.7 Å². The van der Waals surface area contributed by atoms with Gasteiger partial charge in [-0.2, -0.15) is 13.2 Å². The van der Waals surface area contributed by atoms with Crippen LogP contribution in [0.4, 0.5) is 19.0 Å². The van der Waals surface area contributed by atoms with Gasteiger partial charge in [-0.1, -0.05) is 6.07 Å². The Balaban J connectivity index is 1.74. The first kappa shape index (κ1) is 18.8. The van der Waals surface area contributed by atoms with Crippen molar-refractivity contribution in [2.75, 3.05) is 24.7 Å². The maximum atomic E-state index is 13.5. The van der Waals surface area contributed by atoms with Crippen LogP contribution in [0.1, 0.15) is 23.7 Å². The third-order valence-corrected chi connectivity index (χ3v) is 4.93. The van der Waals surface area contributed by atoms with Crippen molar-refractivity contribution in [1.29, 1.82) is 0 Å². The van der Waals surface area contributed by atoms with Gasteiger partial charge < -0.3 is 9.64 Å². The number of hydrogen-bond acceptors (Lipinski definition) is 6. The zero-order valence-electron chi connectivity index (χ0n) is 15.3. The van der Waals surface area contributed by atoms with E-state index in [2.05, 4.69) is 19.9 Å². The molecule has 0 aromatic carbocycles. The van der Waals surface area contributed by atoms with Crippen LogP contribution in [0.5, 0.6) is 0 Å². The minimum atomic E-state index is -4.52. The standard InChI is InChI=1S/C19H20F3N5O/c1-13-12-28-9-8-26(13)18-25-10-14-4-2-7-24-17(14)27(18)11-15-5-3-6-23-16(15)19(20,21)22/h2-7,10,13,18H,8-9,11-12H2,1H3. The zero-order valence-corrected chi connectivity index (χ0v) is 15.3. The fourth-order valence-electron chi connectivity index (χ4n) is 3.60. The number of ether oxygens (including phenoxy) is 1. The molecule has 2 aromatic rings. The summed E-state index contributed by atoms with van der Waals surface area (Å²) in [6.45, 7) is 3.77. The van der Waals surface area contributed by atoms with Crippen molar-refractivity contribution in [2.45, 2.75) is 32.0 Å². The Bertz CT molecular complexity index is 873.